The fraction of sp³-hybridized carbons (Fsp3) is 0.394. The fourth-order valence-electron chi connectivity index (χ4n) is 5.47. The van der Waals surface area contributed by atoms with Crippen LogP contribution in [-0.4, -0.2) is 64.2 Å². The Morgan fingerprint density at radius 3 is 2.23 bits per heavy atom. The molecule has 0 saturated heterocycles. The minimum atomic E-state index is -3.95. The maximum atomic E-state index is 14.4. The van der Waals surface area contributed by atoms with Gasteiger partial charge in [0.25, 0.3) is 0 Å². The quantitative estimate of drug-likeness (QED) is 0.261. The molecule has 1 aliphatic rings. The number of halogens is 1. The highest BCUT2D eigenvalue weighted by Crippen LogP contribution is 2.34. The Bertz CT molecular complexity index is 1510. The molecule has 1 saturated carbocycles. The molecule has 236 valence electrons. The predicted octanol–water partition coefficient (Wildman–Crippen LogP) is 5.32. The first-order valence-corrected chi connectivity index (χ1v) is 17.3. The Morgan fingerprint density at radius 2 is 1.61 bits per heavy atom. The van der Waals surface area contributed by atoms with Crippen LogP contribution >= 0.6 is 15.9 Å². The van der Waals surface area contributed by atoms with Gasteiger partial charge in [0.1, 0.15) is 24.1 Å². The molecule has 4 rings (SSSR count). The number of hydrogen-bond acceptors (Lipinski definition) is 6. The van der Waals surface area contributed by atoms with Crippen LogP contribution in [0.5, 0.6) is 11.5 Å². The number of hydrogen-bond donors (Lipinski definition) is 1. The molecule has 11 heteroatoms. The first kappa shape index (κ1) is 33.3. The van der Waals surface area contributed by atoms with Crippen LogP contribution in [0.1, 0.15) is 43.2 Å². The van der Waals surface area contributed by atoms with Crippen molar-refractivity contribution in [2.75, 3.05) is 31.3 Å². The van der Waals surface area contributed by atoms with Crippen molar-refractivity contribution in [3.8, 4) is 11.5 Å². The molecule has 0 aromatic heterocycles. The summed E-state index contributed by atoms with van der Waals surface area (Å²) < 4.78 is 39.0. The maximum absolute atomic E-state index is 14.4. The Hall–Kier alpha value is -3.57. The molecule has 0 unspecified atom stereocenters. The van der Waals surface area contributed by atoms with Gasteiger partial charge >= 0.3 is 0 Å². The summed E-state index contributed by atoms with van der Waals surface area (Å²) in [6.45, 7) is -0.418. The molecule has 0 aliphatic heterocycles. The van der Waals surface area contributed by atoms with Crippen molar-refractivity contribution in [1.29, 1.82) is 0 Å². The topological polar surface area (TPSA) is 105 Å². The van der Waals surface area contributed by atoms with E-state index in [0.717, 1.165) is 58.3 Å². The molecule has 0 bridgehead atoms. The van der Waals surface area contributed by atoms with E-state index >= 15 is 0 Å². The van der Waals surface area contributed by atoms with Crippen molar-refractivity contribution in [3.05, 3.63) is 88.4 Å². The summed E-state index contributed by atoms with van der Waals surface area (Å²) in [7, 11) is -1.03. The van der Waals surface area contributed by atoms with Gasteiger partial charge in [0.15, 0.2) is 0 Å². The smallest absolute Gasteiger partial charge is 0.244 e. The number of ether oxygens (including phenoxy) is 2. The van der Waals surface area contributed by atoms with E-state index in [0.29, 0.717) is 5.75 Å². The van der Waals surface area contributed by atoms with E-state index in [-0.39, 0.29) is 36.4 Å². The lowest BCUT2D eigenvalue weighted by molar-refractivity contribution is -0.140. The third kappa shape index (κ3) is 8.98. The van der Waals surface area contributed by atoms with Gasteiger partial charge in [0.2, 0.25) is 21.8 Å². The second-order valence-electron chi connectivity index (χ2n) is 11.0. The van der Waals surface area contributed by atoms with Crippen LogP contribution in [0.4, 0.5) is 5.69 Å². The molecular weight excluding hydrogens is 646 g/mol. The van der Waals surface area contributed by atoms with E-state index in [9.17, 15) is 18.0 Å². The highest BCUT2D eigenvalue weighted by molar-refractivity contribution is 9.10. The van der Waals surface area contributed by atoms with E-state index in [1.807, 2.05) is 54.6 Å². The van der Waals surface area contributed by atoms with Crippen molar-refractivity contribution in [1.82, 2.24) is 10.2 Å². The van der Waals surface area contributed by atoms with Gasteiger partial charge in [-0.3, -0.25) is 13.9 Å². The molecule has 3 aromatic carbocycles. The average Bonchev–Trinajstić information content (AvgIpc) is 3.02. The van der Waals surface area contributed by atoms with Gasteiger partial charge in [0, 0.05) is 29.5 Å². The third-order valence-corrected chi connectivity index (χ3v) is 9.48. The Balaban J connectivity index is 1.74. The fourth-order valence-corrected chi connectivity index (χ4v) is 6.59. The Kier molecular flexibility index (Phi) is 11.7. The van der Waals surface area contributed by atoms with Gasteiger partial charge in [-0.1, -0.05) is 77.7 Å². The third-order valence-electron chi connectivity index (χ3n) is 7.82. The monoisotopic (exact) mass is 685 g/mol. The largest absolute Gasteiger partial charge is 0.497 e. The number of benzene rings is 3. The Labute approximate surface area is 268 Å². The van der Waals surface area contributed by atoms with Crippen LogP contribution in [0.3, 0.4) is 0 Å². The van der Waals surface area contributed by atoms with Crippen LogP contribution < -0.4 is 19.1 Å². The van der Waals surface area contributed by atoms with E-state index < -0.39 is 28.5 Å². The lowest BCUT2D eigenvalue weighted by Gasteiger charge is -2.35. The summed E-state index contributed by atoms with van der Waals surface area (Å²) in [5.74, 6) is -0.0578. The molecule has 9 nitrogen and oxygen atoms in total. The van der Waals surface area contributed by atoms with E-state index in [1.54, 1.807) is 18.2 Å². The molecule has 0 spiro atoms. The number of carbonyl (C=O) groups is 2. The molecule has 0 radical (unpaired) electrons. The van der Waals surface area contributed by atoms with Gasteiger partial charge < -0.3 is 19.7 Å². The van der Waals surface area contributed by atoms with Gasteiger partial charge in [0.05, 0.1) is 26.2 Å². The molecule has 44 heavy (non-hydrogen) atoms. The number of methoxy groups -OCH3 is 2. The maximum Gasteiger partial charge on any atom is 0.244 e. The lowest BCUT2D eigenvalue weighted by Crippen LogP contribution is -2.55. The average molecular weight is 687 g/mol. The van der Waals surface area contributed by atoms with Crippen LogP contribution in [0, 0.1) is 0 Å². The number of rotatable bonds is 13. The number of anilines is 1. The minimum Gasteiger partial charge on any atom is -0.497 e. The highest BCUT2D eigenvalue weighted by atomic mass is 79.9. The summed E-state index contributed by atoms with van der Waals surface area (Å²) in [5, 5.41) is 3.21. The predicted molar refractivity (Wildman–Crippen MR) is 175 cm³/mol. The molecular formula is C33H40BrN3O6S. The van der Waals surface area contributed by atoms with Crippen molar-refractivity contribution < 1.29 is 27.5 Å². The van der Waals surface area contributed by atoms with Crippen molar-refractivity contribution in [3.63, 3.8) is 0 Å². The summed E-state index contributed by atoms with van der Waals surface area (Å²) in [6.07, 6.45) is 6.33. The van der Waals surface area contributed by atoms with Crippen molar-refractivity contribution >= 4 is 43.5 Å². The first-order chi connectivity index (χ1) is 21.1. The molecule has 1 aliphatic carbocycles. The van der Waals surface area contributed by atoms with Gasteiger partial charge in [-0.2, -0.15) is 0 Å². The molecule has 0 heterocycles. The van der Waals surface area contributed by atoms with E-state index in [2.05, 4.69) is 21.2 Å². The van der Waals surface area contributed by atoms with E-state index in [4.69, 9.17) is 9.47 Å². The van der Waals surface area contributed by atoms with E-state index in [1.165, 1.54) is 19.1 Å². The number of carbonyl (C=O) groups excluding carboxylic acids is 2. The zero-order valence-electron chi connectivity index (χ0n) is 25.4. The summed E-state index contributed by atoms with van der Waals surface area (Å²) in [4.78, 5) is 29.9. The molecule has 1 fully saturated rings. The van der Waals surface area contributed by atoms with Crippen molar-refractivity contribution in [2.45, 2.75) is 57.2 Å². The van der Waals surface area contributed by atoms with Crippen LogP contribution in [0.15, 0.2) is 77.3 Å². The van der Waals surface area contributed by atoms with Crippen LogP contribution in [-0.2, 0) is 32.6 Å². The zero-order chi connectivity index (χ0) is 31.7. The van der Waals surface area contributed by atoms with Gasteiger partial charge in [-0.05, 0) is 48.2 Å². The lowest BCUT2D eigenvalue weighted by atomic mass is 9.94. The molecule has 1 atom stereocenters. The number of nitrogens with one attached hydrogen (secondary N) is 1. The molecule has 3 aromatic rings. The first-order valence-electron chi connectivity index (χ1n) is 14.7. The zero-order valence-corrected chi connectivity index (χ0v) is 27.8. The second-order valence-corrected chi connectivity index (χ2v) is 13.8. The highest BCUT2D eigenvalue weighted by Gasteiger charge is 2.34. The number of nitrogens with zero attached hydrogens (tertiary/aromatic N) is 2. The Morgan fingerprint density at radius 1 is 0.932 bits per heavy atom. The van der Waals surface area contributed by atoms with Crippen LogP contribution in [0.25, 0.3) is 0 Å². The summed E-state index contributed by atoms with van der Waals surface area (Å²) in [6, 6.07) is 20.9. The SMILES string of the molecule is COc1ccc(N(CC(=O)N(Cc2ccc(Br)cc2)[C@H](Cc2ccccc2)C(=O)NC2CCCCC2)S(C)(=O)=O)c(OC)c1. The van der Waals surface area contributed by atoms with Crippen molar-refractivity contribution in [2.24, 2.45) is 0 Å². The number of amides is 2. The van der Waals surface area contributed by atoms with Gasteiger partial charge in [-0.15, -0.1) is 0 Å². The normalized spacial score (nSPS) is 14.4. The second kappa shape index (κ2) is 15.4. The standard InChI is InChI=1S/C33H40BrN3O6S/c1-42-28-18-19-29(31(21-28)43-2)37(44(3,40)41)23-32(38)36(22-25-14-16-26(34)17-15-25)30(20-24-10-6-4-7-11-24)33(39)35-27-12-8-5-9-13-27/h4,6-7,10-11,14-19,21,27,30H,5,8-9,12-13,20,22-23H2,1-3H3,(H,35,39)/t30-/m1/s1. The van der Waals surface area contributed by atoms with Crippen LogP contribution in [0.2, 0.25) is 0 Å². The van der Waals surface area contributed by atoms with Gasteiger partial charge in [-0.25, -0.2) is 8.42 Å². The molecule has 2 amide bonds. The minimum absolute atomic E-state index is 0.0373. The summed E-state index contributed by atoms with van der Waals surface area (Å²) in [5.41, 5.74) is 1.89. The molecule has 1 N–H and O–H groups in total. The number of sulfonamides is 1. The summed E-state index contributed by atoms with van der Waals surface area (Å²) >= 11 is 3.46.